The number of hydrogen-bond acceptors (Lipinski definition) is 4. The first-order valence-electron chi connectivity index (χ1n) is 4.93. The summed E-state index contributed by atoms with van der Waals surface area (Å²) in [6.07, 6.45) is 0. The van der Waals surface area contributed by atoms with Crippen molar-refractivity contribution in [1.29, 1.82) is 5.26 Å². The maximum absolute atomic E-state index is 10.9. The zero-order chi connectivity index (χ0) is 12.7. The number of nitriles is 1. The molecule has 2 N–H and O–H groups in total. The first kappa shape index (κ1) is 13.1. The van der Waals surface area contributed by atoms with Crippen LogP contribution in [0.4, 0.5) is 0 Å². The van der Waals surface area contributed by atoms with Crippen LogP contribution in [0.5, 0.6) is 0 Å². The van der Waals surface area contributed by atoms with Crippen LogP contribution in [0.1, 0.15) is 12.5 Å². The Kier molecular flexibility index (Phi) is 5.11. The molecule has 0 fully saturated rings. The summed E-state index contributed by atoms with van der Waals surface area (Å²) in [6.45, 7) is 2.19. The summed E-state index contributed by atoms with van der Waals surface area (Å²) in [5.41, 5.74) is 1.55. The van der Waals surface area contributed by atoms with Gasteiger partial charge in [0.1, 0.15) is 10.3 Å². The Balaban J connectivity index is 2.70. The number of allylic oxidation sites excluding steroid dienone is 1. The van der Waals surface area contributed by atoms with Gasteiger partial charge in [-0.25, -0.2) is 4.79 Å². The Morgan fingerprint density at radius 2 is 2.12 bits per heavy atom. The van der Waals surface area contributed by atoms with Crippen LogP contribution in [-0.2, 0) is 11.3 Å². The largest absolute Gasteiger partial charge is 0.477 e. The molecule has 0 aliphatic heterocycles. The third-order valence-electron chi connectivity index (χ3n) is 2.08. The second-order valence-electron chi connectivity index (χ2n) is 3.29. The molecule has 0 aromatic heterocycles. The number of rotatable bonds is 5. The van der Waals surface area contributed by atoms with Crippen LogP contribution in [-0.4, -0.2) is 11.1 Å². The van der Waals surface area contributed by atoms with E-state index in [4.69, 9.17) is 10.4 Å². The van der Waals surface area contributed by atoms with Gasteiger partial charge in [-0.3, -0.25) is 0 Å². The normalized spacial score (nSPS) is 11.3. The van der Waals surface area contributed by atoms with Gasteiger partial charge in [-0.1, -0.05) is 30.3 Å². The summed E-state index contributed by atoms with van der Waals surface area (Å²) in [5.74, 6) is -1.09. The fourth-order valence-electron chi connectivity index (χ4n) is 1.24. The van der Waals surface area contributed by atoms with Crippen LogP contribution in [0.3, 0.4) is 0 Å². The number of carbonyl (C=O) groups is 1. The Morgan fingerprint density at radius 1 is 1.47 bits per heavy atom. The maximum Gasteiger partial charge on any atom is 0.345 e. The standard InChI is InChI=1S/C12H12N2O2S/c1-9(11(12(15)16)17-8-13)14-7-10-5-3-2-4-6-10/h2-6,14H,7H2,1H3,(H,15,16)/b11-9+. The number of thioether (sulfide) groups is 1. The van der Waals surface area contributed by atoms with Crippen LogP contribution < -0.4 is 5.32 Å². The van der Waals surface area contributed by atoms with Gasteiger partial charge in [0.2, 0.25) is 0 Å². The van der Waals surface area contributed by atoms with Crippen molar-refractivity contribution in [3.05, 3.63) is 46.5 Å². The first-order valence-corrected chi connectivity index (χ1v) is 5.74. The average molecular weight is 248 g/mol. The number of hydrogen-bond donors (Lipinski definition) is 2. The molecule has 0 aliphatic carbocycles. The maximum atomic E-state index is 10.9. The van der Waals surface area contributed by atoms with Crippen molar-refractivity contribution in [3.8, 4) is 5.40 Å². The summed E-state index contributed by atoms with van der Waals surface area (Å²) >= 11 is 0.651. The molecule has 1 aromatic carbocycles. The molecular weight excluding hydrogens is 236 g/mol. The van der Waals surface area contributed by atoms with Crippen molar-refractivity contribution in [2.24, 2.45) is 0 Å². The summed E-state index contributed by atoms with van der Waals surface area (Å²) in [4.78, 5) is 10.9. The quantitative estimate of drug-likeness (QED) is 0.618. The van der Waals surface area contributed by atoms with E-state index in [-0.39, 0.29) is 4.91 Å². The molecule has 0 radical (unpaired) electrons. The van der Waals surface area contributed by atoms with Gasteiger partial charge in [0, 0.05) is 12.2 Å². The molecule has 1 rings (SSSR count). The summed E-state index contributed by atoms with van der Waals surface area (Å²) in [6, 6.07) is 9.63. The zero-order valence-electron chi connectivity index (χ0n) is 9.30. The van der Waals surface area contributed by atoms with Crippen LogP contribution in [0.2, 0.25) is 0 Å². The lowest BCUT2D eigenvalue weighted by Crippen LogP contribution is -2.14. The van der Waals surface area contributed by atoms with Gasteiger partial charge in [0.15, 0.2) is 0 Å². The molecule has 4 nitrogen and oxygen atoms in total. The highest BCUT2D eigenvalue weighted by Crippen LogP contribution is 2.17. The highest BCUT2D eigenvalue weighted by molar-refractivity contribution is 8.08. The molecule has 0 spiro atoms. The van der Waals surface area contributed by atoms with Gasteiger partial charge in [-0.05, 0) is 24.2 Å². The minimum Gasteiger partial charge on any atom is -0.477 e. The first-order chi connectivity index (χ1) is 8.15. The van der Waals surface area contributed by atoms with E-state index in [1.807, 2.05) is 30.3 Å². The molecule has 0 saturated heterocycles. The Hall–Kier alpha value is -1.93. The number of carboxylic acid groups (broad SMARTS) is 1. The molecular formula is C12H12N2O2S. The summed E-state index contributed by atoms with van der Waals surface area (Å²) in [7, 11) is 0. The average Bonchev–Trinajstić information content (AvgIpc) is 2.34. The third kappa shape index (κ3) is 4.21. The predicted octanol–water partition coefficient (Wildman–Crippen LogP) is 2.31. The molecule has 5 heteroatoms. The van der Waals surface area contributed by atoms with Gasteiger partial charge >= 0.3 is 5.97 Å². The number of nitrogens with zero attached hydrogens (tertiary/aromatic N) is 1. The van der Waals surface area contributed by atoms with Crippen molar-refractivity contribution < 1.29 is 9.90 Å². The lowest BCUT2D eigenvalue weighted by atomic mass is 10.2. The fraction of sp³-hybridized carbons (Fsp3) is 0.167. The lowest BCUT2D eigenvalue weighted by Gasteiger charge is -2.08. The fourth-order valence-corrected chi connectivity index (χ4v) is 1.64. The number of thiocyanates is 1. The minimum atomic E-state index is -1.09. The van der Waals surface area contributed by atoms with Gasteiger partial charge in [0.05, 0.1) is 0 Å². The number of aliphatic carboxylic acids is 1. The minimum absolute atomic E-state index is 0.0310. The van der Waals surface area contributed by atoms with Crippen molar-refractivity contribution >= 4 is 17.7 Å². The second-order valence-corrected chi connectivity index (χ2v) is 4.09. The molecule has 1 aromatic rings. The van der Waals surface area contributed by atoms with E-state index in [0.29, 0.717) is 24.0 Å². The number of nitrogens with one attached hydrogen (secondary N) is 1. The van der Waals surface area contributed by atoms with Crippen LogP contribution in [0.15, 0.2) is 40.9 Å². The van der Waals surface area contributed by atoms with Crippen LogP contribution in [0.25, 0.3) is 0 Å². The Labute approximate surface area is 104 Å². The molecule has 0 unspecified atom stereocenters. The van der Waals surface area contributed by atoms with Gasteiger partial charge in [-0.15, -0.1) is 0 Å². The van der Waals surface area contributed by atoms with Crippen molar-refractivity contribution in [1.82, 2.24) is 5.32 Å². The van der Waals surface area contributed by atoms with Gasteiger partial charge < -0.3 is 10.4 Å². The molecule has 88 valence electrons. The van der Waals surface area contributed by atoms with Crippen molar-refractivity contribution in [2.75, 3.05) is 0 Å². The van der Waals surface area contributed by atoms with Crippen LogP contribution in [0, 0.1) is 10.7 Å². The van der Waals surface area contributed by atoms with Crippen LogP contribution >= 0.6 is 11.8 Å². The molecule has 0 heterocycles. The van der Waals surface area contributed by atoms with E-state index in [0.717, 1.165) is 5.56 Å². The van der Waals surface area contributed by atoms with Crippen molar-refractivity contribution in [2.45, 2.75) is 13.5 Å². The lowest BCUT2D eigenvalue weighted by molar-refractivity contribution is -0.131. The molecule has 17 heavy (non-hydrogen) atoms. The van der Waals surface area contributed by atoms with Gasteiger partial charge in [-0.2, -0.15) is 5.26 Å². The molecule has 0 atom stereocenters. The summed E-state index contributed by atoms with van der Waals surface area (Å²) in [5, 5.41) is 22.2. The molecule has 0 aliphatic rings. The number of benzene rings is 1. The molecule has 0 amide bonds. The molecule has 0 saturated carbocycles. The van der Waals surface area contributed by atoms with E-state index in [2.05, 4.69) is 5.32 Å². The number of carboxylic acids is 1. The molecule has 0 bridgehead atoms. The summed E-state index contributed by atoms with van der Waals surface area (Å²) < 4.78 is 0. The SMILES string of the molecule is C/C(NCc1ccccc1)=C(\SC#N)C(=O)O. The monoisotopic (exact) mass is 248 g/mol. The Morgan fingerprint density at radius 3 is 2.65 bits per heavy atom. The third-order valence-corrected chi connectivity index (χ3v) is 2.86. The highest BCUT2D eigenvalue weighted by atomic mass is 32.2. The Bertz CT molecular complexity index is 463. The second kappa shape index (κ2) is 6.61. The van der Waals surface area contributed by atoms with E-state index >= 15 is 0 Å². The predicted molar refractivity (Wildman–Crippen MR) is 66.8 cm³/mol. The highest BCUT2D eigenvalue weighted by Gasteiger charge is 2.12. The van der Waals surface area contributed by atoms with E-state index < -0.39 is 5.97 Å². The van der Waals surface area contributed by atoms with Gasteiger partial charge in [0.25, 0.3) is 0 Å². The smallest absolute Gasteiger partial charge is 0.345 e. The van der Waals surface area contributed by atoms with E-state index in [1.165, 1.54) is 0 Å². The zero-order valence-corrected chi connectivity index (χ0v) is 10.1. The van der Waals surface area contributed by atoms with E-state index in [1.54, 1.807) is 12.3 Å². The topological polar surface area (TPSA) is 73.1 Å². The van der Waals surface area contributed by atoms with E-state index in [9.17, 15) is 4.79 Å². The van der Waals surface area contributed by atoms with Crippen molar-refractivity contribution in [3.63, 3.8) is 0 Å².